The molecule has 0 aliphatic rings. The number of rotatable bonds is 6. The van der Waals surface area contributed by atoms with Gasteiger partial charge in [0.15, 0.2) is 10.8 Å². The van der Waals surface area contributed by atoms with Crippen LogP contribution in [0.2, 0.25) is 0 Å². The second-order valence-electron chi connectivity index (χ2n) is 5.31. The first kappa shape index (κ1) is 17.9. The van der Waals surface area contributed by atoms with Crippen LogP contribution in [0.5, 0.6) is 0 Å². The van der Waals surface area contributed by atoms with Crippen molar-refractivity contribution in [1.29, 1.82) is 0 Å². The van der Waals surface area contributed by atoms with E-state index in [0.29, 0.717) is 23.0 Å². The van der Waals surface area contributed by atoms with E-state index >= 15 is 0 Å². The summed E-state index contributed by atoms with van der Waals surface area (Å²) in [5.74, 6) is -0.285. The Kier molecular flexibility index (Phi) is 6.18. The summed E-state index contributed by atoms with van der Waals surface area (Å²) in [6.07, 6.45) is 4.43. The number of carbonyl (C=O) groups is 1. The largest absolute Gasteiger partial charge is 0.362 e. The SMILES string of the molecule is O=C(Nc1ccc(NC(=S)NCCc2cccnc2)cc1)c1csnn1. The first-order valence-electron chi connectivity index (χ1n) is 7.83. The average Bonchev–Trinajstić information content (AvgIpc) is 3.19. The van der Waals surface area contributed by atoms with Gasteiger partial charge in [-0.2, -0.15) is 0 Å². The molecule has 0 aliphatic carbocycles. The maximum Gasteiger partial charge on any atom is 0.277 e. The minimum absolute atomic E-state index is 0.285. The number of aromatic nitrogens is 3. The number of anilines is 2. The van der Waals surface area contributed by atoms with Crippen LogP contribution in [0.15, 0.2) is 54.2 Å². The normalized spacial score (nSPS) is 10.2. The number of nitrogens with zero attached hydrogens (tertiary/aromatic N) is 3. The van der Waals surface area contributed by atoms with Crippen LogP contribution in [0.1, 0.15) is 16.1 Å². The van der Waals surface area contributed by atoms with Crippen molar-refractivity contribution in [1.82, 2.24) is 19.9 Å². The van der Waals surface area contributed by atoms with Gasteiger partial charge in [0.25, 0.3) is 5.91 Å². The predicted molar refractivity (Wildman–Crippen MR) is 106 cm³/mol. The lowest BCUT2D eigenvalue weighted by molar-refractivity contribution is 0.102. The number of pyridine rings is 1. The average molecular weight is 384 g/mol. The van der Waals surface area contributed by atoms with E-state index in [-0.39, 0.29) is 5.91 Å². The summed E-state index contributed by atoms with van der Waals surface area (Å²) in [7, 11) is 0. The second-order valence-corrected chi connectivity index (χ2v) is 6.33. The van der Waals surface area contributed by atoms with E-state index in [4.69, 9.17) is 12.2 Å². The van der Waals surface area contributed by atoms with Crippen LogP contribution in [0.4, 0.5) is 11.4 Å². The molecule has 9 heteroatoms. The maximum atomic E-state index is 11.9. The smallest absolute Gasteiger partial charge is 0.277 e. The summed E-state index contributed by atoms with van der Waals surface area (Å²) in [5, 5.41) is 14.9. The molecule has 2 heterocycles. The summed E-state index contributed by atoms with van der Waals surface area (Å²) in [6.45, 7) is 0.716. The van der Waals surface area contributed by atoms with Crippen molar-refractivity contribution in [2.75, 3.05) is 17.2 Å². The standard InChI is InChI=1S/C17H16N6OS2/c24-16(15-11-26-23-22-15)20-13-3-5-14(6-4-13)21-17(25)19-9-7-12-2-1-8-18-10-12/h1-6,8,10-11H,7,9H2,(H,20,24)(H2,19,21,25). The molecule has 3 rings (SSSR count). The molecule has 2 aromatic heterocycles. The molecule has 1 aromatic carbocycles. The first-order valence-corrected chi connectivity index (χ1v) is 9.07. The highest BCUT2D eigenvalue weighted by Crippen LogP contribution is 2.14. The minimum Gasteiger partial charge on any atom is -0.362 e. The molecule has 0 unspecified atom stereocenters. The molecule has 0 saturated heterocycles. The predicted octanol–water partition coefficient (Wildman–Crippen LogP) is 2.71. The van der Waals surface area contributed by atoms with Crippen molar-refractivity contribution in [2.45, 2.75) is 6.42 Å². The van der Waals surface area contributed by atoms with Gasteiger partial charge in [0.2, 0.25) is 0 Å². The monoisotopic (exact) mass is 384 g/mol. The second kappa shape index (κ2) is 8.97. The van der Waals surface area contributed by atoms with Gasteiger partial charge in [-0.25, -0.2) is 0 Å². The summed E-state index contributed by atoms with van der Waals surface area (Å²) < 4.78 is 3.67. The van der Waals surface area contributed by atoms with Gasteiger partial charge >= 0.3 is 0 Å². The third-order valence-corrected chi connectivity index (χ3v) is 4.17. The molecule has 3 N–H and O–H groups in total. The Morgan fingerprint density at radius 3 is 2.54 bits per heavy atom. The molecule has 0 bridgehead atoms. The third kappa shape index (κ3) is 5.30. The van der Waals surface area contributed by atoms with Gasteiger partial charge in [0.1, 0.15) is 0 Å². The van der Waals surface area contributed by atoms with Crippen LogP contribution in [-0.4, -0.2) is 32.1 Å². The Balaban J connectivity index is 1.44. The fraction of sp³-hybridized carbons (Fsp3) is 0.118. The molecule has 7 nitrogen and oxygen atoms in total. The van der Waals surface area contributed by atoms with Crippen LogP contribution in [0.25, 0.3) is 0 Å². The quantitative estimate of drug-likeness (QED) is 0.563. The van der Waals surface area contributed by atoms with Gasteiger partial charge in [0, 0.05) is 35.7 Å². The minimum atomic E-state index is -0.285. The highest BCUT2D eigenvalue weighted by molar-refractivity contribution is 7.80. The van der Waals surface area contributed by atoms with Crippen LogP contribution in [-0.2, 0) is 6.42 Å². The molecular weight excluding hydrogens is 368 g/mol. The molecule has 0 spiro atoms. The van der Waals surface area contributed by atoms with Crippen LogP contribution >= 0.6 is 23.8 Å². The fourth-order valence-corrected chi connectivity index (χ4v) is 2.79. The van der Waals surface area contributed by atoms with E-state index in [1.54, 1.807) is 23.7 Å². The van der Waals surface area contributed by atoms with E-state index in [1.807, 2.05) is 30.5 Å². The summed E-state index contributed by atoms with van der Waals surface area (Å²) in [6, 6.07) is 11.2. The van der Waals surface area contributed by atoms with Gasteiger partial charge in [0.05, 0.1) is 0 Å². The van der Waals surface area contributed by atoms with Crippen molar-refractivity contribution in [3.05, 3.63) is 65.4 Å². The Bertz CT molecular complexity index is 853. The lowest BCUT2D eigenvalue weighted by Crippen LogP contribution is -2.30. The lowest BCUT2D eigenvalue weighted by Gasteiger charge is -2.11. The summed E-state index contributed by atoms with van der Waals surface area (Å²) in [5.41, 5.74) is 2.95. The van der Waals surface area contributed by atoms with Crippen molar-refractivity contribution in [3.8, 4) is 0 Å². The number of amides is 1. The summed E-state index contributed by atoms with van der Waals surface area (Å²) >= 11 is 6.42. The zero-order valence-electron chi connectivity index (χ0n) is 13.7. The van der Waals surface area contributed by atoms with Gasteiger partial charge in [-0.3, -0.25) is 9.78 Å². The van der Waals surface area contributed by atoms with Crippen molar-refractivity contribution < 1.29 is 4.79 Å². The Morgan fingerprint density at radius 1 is 1.12 bits per heavy atom. The molecule has 0 fully saturated rings. The number of nitrogens with one attached hydrogen (secondary N) is 3. The number of thiocarbonyl (C=S) groups is 1. The van der Waals surface area contributed by atoms with Crippen molar-refractivity contribution in [2.24, 2.45) is 0 Å². The van der Waals surface area contributed by atoms with Gasteiger partial charge < -0.3 is 16.0 Å². The first-order chi connectivity index (χ1) is 12.7. The van der Waals surface area contributed by atoms with Crippen molar-refractivity contribution >= 4 is 46.1 Å². The molecule has 1 amide bonds. The van der Waals surface area contributed by atoms with Gasteiger partial charge in [-0.05, 0) is 66.1 Å². The topological polar surface area (TPSA) is 91.8 Å². The van der Waals surface area contributed by atoms with E-state index < -0.39 is 0 Å². The molecule has 26 heavy (non-hydrogen) atoms. The van der Waals surface area contributed by atoms with E-state index in [1.165, 1.54) is 0 Å². The Hall–Kier alpha value is -2.91. The molecule has 0 saturated carbocycles. The van der Waals surface area contributed by atoms with Gasteiger partial charge in [-0.1, -0.05) is 10.6 Å². The fourth-order valence-electron chi connectivity index (χ4n) is 2.14. The van der Waals surface area contributed by atoms with Crippen LogP contribution < -0.4 is 16.0 Å². The molecule has 0 atom stereocenters. The number of hydrogen-bond acceptors (Lipinski definition) is 6. The molecule has 0 radical (unpaired) electrons. The molecular formula is C17H16N6OS2. The Labute approximate surface area is 160 Å². The highest BCUT2D eigenvalue weighted by Gasteiger charge is 2.08. The van der Waals surface area contributed by atoms with Crippen LogP contribution in [0, 0.1) is 0 Å². The number of hydrogen-bond donors (Lipinski definition) is 3. The van der Waals surface area contributed by atoms with E-state index in [9.17, 15) is 4.79 Å². The van der Waals surface area contributed by atoms with E-state index in [0.717, 1.165) is 29.2 Å². The number of benzene rings is 1. The van der Waals surface area contributed by atoms with E-state index in [2.05, 4.69) is 30.5 Å². The third-order valence-electron chi connectivity index (χ3n) is 3.42. The lowest BCUT2D eigenvalue weighted by atomic mass is 10.2. The highest BCUT2D eigenvalue weighted by atomic mass is 32.1. The Morgan fingerprint density at radius 2 is 1.88 bits per heavy atom. The molecule has 3 aromatic rings. The molecule has 0 aliphatic heterocycles. The zero-order valence-corrected chi connectivity index (χ0v) is 15.3. The number of carbonyl (C=O) groups excluding carboxylic acids is 1. The zero-order chi connectivity index (χ0) is 18.2. The summed E-state index contributed by atoms with van der Waals surface area (Å²) in [4.78, 5) is 16.0. The molecule has 132 valence electrons. The maximum absolute atomic E-state index is 11.9. The van der Waals surface area contributed by atoms with Gasteiger partial charge in [-0.15, -0.1) is 5.10 Å². The van der Waals surface area contributed by atoms with Crippen molar-refractivity contribution in [3.63, 3.8) is 0 Å². The van der Waals surface area contributed by atoms with Crippen LogP contribution in [0.3, 0.4) is 0 Å².